The van der Waals surface area contributed by atoms with Crippen molar-refractivity contribution in [3.05, 3.63) is 12.2 Å². The van der Waals surface area contributed by atoms with E-state index in [1.165, 1.54) is 14.0 Å². The monoisotopic (exact) mass is 249 g/mol. The molecule has 5 nitrogen and oxygen atoms in total. The van der Waals surface area contributed by atoms with E-state index >= 15 is 0 Å². The van der Waals surface area contributed by atoms with Crippen LogP contribution in [-0.2, 0) is 19.1 Å². The predicted octanol–water partition coefficient (Wildman–Crippen LogP) is 0.355. The lowest BCUT2D eigenvalue weighted by Crippen LogP contribution is -2.45. The molecule has 0 aromatic rings. The maximum atomic E-state index is 12.3. The van der Waals surface area contributed by atoms with E-state index in [0.717, 1.165) is 11.3 Å². The van der Waals surface area contributed by atoms with Crippen LogP contribution >= 0.6 is 0 Å². The zero-order chi connectivity index (χ0) is 13.0. The minimum absolute atomic E-state index is 0.172. The fourth-order valence-corrected chi connectivity index (χ4v) is 3.58. The lowest BCUT2D eigenvalue weighted by molar-refractivity contribution is -0.156. The van der Waals surface area contributed by atoms with Gasteiger partial charge in [-0.25, -0.2) is 4.79 Å². The Morgan fingerprint density at radius 2 is 1.78 bits per heavy atom. The summed E-state index contributed by atoms with van der Waals surface area (Å²) in [4.78, 5) is 37.2. The molecule has 2 fully saturated rings. The number of esters is 1. The van der Waals surface area contributed by atoms with Crippen molar-refractivity contribution in [1.29, 1.82) is 0 Å². The number of fused-ring (bicyclic) bond motifs is 5. The summed E-state index contributed by atoms with van der Waals surface area (Å²) >= 11 is 0. The molecule has 1 saturated carbocycles. The molecule has 5 heteroatoms. The maximum absolute atomic E-state index is 12.3. The quantitative estimate of drug-likeness (QED) is 0.402. The number of ether oxygens (including phenoxy) is 1. The number of carbonyl (C=O) groups is 3. The van der Waals surface area contributed by atoms with Gasteiger partial charge in [0, 0.05) is 0 Å². The van der Waals surface area contributed by atoms with Crippen LogP contribution in [0.25, 0.3) is 0 Å². The van der Waals surface area contributed by atoms with Crippen molar-refractivity contribution in [3.63, 3.8) is 0 Å². The van der Waals surface area contributed by atoms with Gasteiger partial charge in [-0.3, -0.25) is 14.5 Å². The molecule has 0 aromatic heterocycles. The van der Waals surface area contributed by atoms with Crippen LogP contribution in [0, 0.1) is 23.7 Å². The van der Waals surface area contributed by atoms with Crippen LogP contribution in [0.5, 0.6) is 0 Å². The summed E-state index contributed by atoms with van der Waals surface area (Å²) in [6, 6.07) is -0.819. The SMILES string of the molecule is COC(=O)[C@H](C)N1C(=O)[C@@H]2C3C=CC(C3)[C@@H]2C1=O. The summed E-state index contributed by atoms with van der Waals surface area (Å²) in [5.41, 5.74) is 0. The second kappa shape index (κ2) is 3.67. The van der Waals surface area contributed by atoms with Gasteiger partial charge in [-0.1, -0.05) is 12.2 Å². The molecule has 96 valence electrons. The first kappa shape index (κ1) is 11.4. The Morgan fingerprint density at radius 1 is 1.28 bits per heavy atom. The molecule has 3 aliphatic rings. The third kappa shape index (κ3) is 1.24. The number of amides is 2. The summed E-state index contributed by atoms with van der Waals surface area (Å²) in [6.07, 6.45) is 4.96. The van der Waals surface area contributed by atoms with Crippen molar-refractivity contribution in [1.82, 2.24) is 4.90 Å². The number of likely N-dealkylation sites (tertiary alicyclic amines) is 1. The number of hydrogen-bond donors (Lipinski definition) is 0. The van der Waals surface area contributed by atoms with E-state index in [0.29, 0.717) is 0 Å². The van der Waals surface area contributed by atoms with E-state index in [4.69, 9.17) is 0 Å². The fraction of sp³-hybridized carbons (Fsp3) is 0.615. The molecule has 1 aliphatic heterocycles. The normalized spacial score (nSPS) is 38.2. The van der Waals surface area contributed by atoms with Crippen molar-refractivity contribution in [2.24, 2.45) is 23.7 Å². The summed E-state index contributed by atoms with van der Waals surface area (Å²) in [7, 11) is 1.26. The van der Waals surface area contributed by atoms with E-state index in [2.05, 4.69) is 4.74 Å². The molecule has 3 rings (SSSR count). The van der Waals surface area contributed by atoms with Gasteiger partial charge in [0.15, 0.2) is 0 Å². The summed E-state index contributed by atoms with van der Waals surface area (Å²) in [5, 5.41) is 0. The molecule has 0 radical (unpaired) electrons. The number of allylic oxidation sites excluding steroid dienone is 2. The molecular weight excluding hydrogens is 234 g/mol. The number of hydrogen-bond acceptors (Lipinski definition) is 4. The highest BCUT2D eigenvalue weighted by Crippen LogP contribution is 2.52. The highest BCUT2D eigenvalue weighted by atomic mass is 16.5. The van der Waals surface area contributed by atoms with Crippen LogP contribution in [0.1, 0.15) is 13.3 Å². The van der Waals surface area contributed by atoms with E-state index in [9.17, 15) is 14.4 Å². The van der Waals surface area contributed by atoms with Crippen molar-refractivity contribution < 1.29 is 19.1 Å². The van der Waals surface area contributed by atoms with E-state index in [-0.39, 0.29) is 35.5 Å². The van der Waals surface area contributed by atoms with Crippen molar-refractivity contribution in [2.45, 2.75) is 19.4 Å². The van der Waals surface area contributed by atoms with Gasteiger partial charge < -0.3 is 4.74 Å². The molecule has 2 unspecified atom stereocenters. The van der Waals surface area contributed by atoms with Crippen molar-refractivity contribution >= 4 is 17.8 Å². The Labute approximate surface area is 105 Å². The van der Waals surface area contributed by atoms with Gasteiger partial charge in [0.25, 0.3) is 0 Å². The lowest BCUT2D eigenvalue weighted by atomic mass is 9.85. The zero-order valence-electron chi connectivity index (χ0n) is 10.3. The summed E-state index contributed by atoms with van der Waals surface area (Å²) in [6.45, 7) is 1.54. The lowest BCUT2D eigenvalue weighted by Gasteiger charge is -2.22. The van der Waals surface area contributed by atoms with Gasteiger partial charge in [-0.15, -0.1) is 0 Å². The highest BCUT2D eigenvalue weighted by molar-refractivity contribution is 6.08. The molecule has 0 N–H and O–H groups in total. The fourth-order valence-electron chi connectivity index (χ4n) is 3.58. The van der Waals surface area contributed by atoms with E-state index in [1.807, 2.05) is 12.2 Å². The van der Waals surface area contributed by atoms with Crippen LogP contribution in [0.15, 0.2) is 12.2 Å². The standard InChI is InChI=1S/C13H15NO4/c1-6(13(17)18-2)14-11(15)9-7-3-4-8(5-7)10(9)12(14)16/h3-4,6-10H,5H2,1-2H3/t6-,7?,8?,9-,10+/m0/s1. The summed E-state index contributed by atoms with van der Waals surface area (Å²) < 4.78 is 4.61. The molecule has 0 spiro atoms. The number of nitrogens with zero attached hydrogens (tertiary/aromatic N) is 1. The smallest absolute Gasteiger partial charge is 0.328 e. The Morgan fingerprint density at radius 3 is 2.22 bits per heavy atom. The average molecular weight is 249 g/mol. The Kier molecular flexibility index (Phi) is 2.33. The average Bonchev–Trinajstić information content (AvgIpc) is 3.02. The van der Waals surface area contributed by atoms with Gasteiger partial charge >= 0.3 is 5.97 Å². The molecule has 1 heterocycles. The van der Waals surface area contributed by atoms with Crippen LogP contribution in [0.4, 0.5) is 0 Å². The molecule has 5 atom stereocenters. The predicted molar refractivity (Wildman–Crippen MR) is 61.0 cm³/mol. The van der Waals surface area contributed by atoms with Crippen LogP contribution in [0.3, 0.4) is 0 Å². The first-order valence-corrected chi connectivity index (χ1v) is 6.19. The number of rotatable bonds is 2. The van der Waals surface area contributed by atoms with E-state index in [1.54, 1.807) is 0 Å². The third-order valence-corrected chi connectivity index (χ3v) is 4.43. The molecular formula is C13H15NO4. The molecule has 2 aliphatic carbocycles. The van der Waals surface area contributed by atoms with Gasteiger partial charge in [-0.05, 0) is 25.2 Å². The first-order valence-electron chi connectivity index (χ1n) is 6.19. The Hall–Kier alpha value is -1.65. The van der Waals surface area contributed by atoms with Crippen LogP contribution < -0.4 is 0 Å². The first-order chi connectivity index (χ1) is 8.56. The molecule has 0 aromatic carbocycles. The second-order valence-electron chi connectivity index (χ2n) is 5.25. The number of carbonyl (C=O) groups excluding carboxylic acids is 3. The van der Waals surface area contributed by atoms with Gasteiger partial charge in [0.05, 0.1) is 18.9 Å². The van der Waals surface area contributed by atoms with Crippen molar-refractivity contribution in [2.75, 3.05) is 7.11 Å². The molecule has 2 bridgehead atoms. The minimum atomic E-state index is -0.819. The summed E-state index contributed by atoms with van der Waals surface area (Å²) in [5.74, 6) is -1.12. The van der Waals surface area contributed by atoms with Gasteiger partial charge in [-0.2, -0.15) is 0 Å². The molecule has 1 saturated heterocycles. The van der Waals surface area contributed by atoms with Gasteiger partial charge in [0.1, 0.15) is 6.04 Å². The third-order valence-electron chi connectivity index (χ3n) is 4.43. The van der Waals surface area contributed by atoms with Crippen LogP contribution in [-0.4, -0.2) is 35.8 Å². The van der Waals surface area contributed by atoms with Crippen molar-refractivity contribution in [3.8, 4) is 0 Å². The highest BCUT2D eigenvalue weighted by Gasteiger charge is 2.60. The largest absolute Gasteiger partial charge is 0.467 e. The maximum Gasteiger partial charge on any atom is 0.328 e. The number of methoxy groups -OCH3 is 1. The molecule has 18 heavy (non-hydrogen) atoms. The Bertz CT molecular complexity index is 440. The Balaban J connectivity index is 1.90. The minimum Gasteiger partial charge on any atom is -0.467 e. The zero-order valence-corrected chi connectivity index (χ0v) is 10.3. The number of imide groups is 1. The van der Waals surface area contributed by atoms with Gasteiger partial charge in [0.2, 0.25) is 11.8 Å². The van der Waals surface area contributed by atoms with E-state index < -0.39 is 12.0 Å². The molecule has 2 amide bonds. The topological polar surface area (TPSA) is 63.7 Å². The second-order valence-corrected chi connectivity index (χ2v) is 5.25. The van der Waals surface area contributed by atoms with Crippen LogP contribution in [0.2, 0.25) is 0 Å².